The number of hydrogen-bond acceptors (Lipinski definition) is 4. The summed E-state index contributed by atoms with van der Waals surface area (Å²) in [5.74, 6) is 0.0464. The van der Waals surface area contributed by atoms with Crippen LogP contribution in [0, 0.1) is 5.92 Å². The lowest BCUT2D eigenvalue weighted by Gasteiger charge is -2.09. The van der Waals surface area contributed by atoms with Gasteiger partial charge in [-0.1, -0.05) is 11.2 Å². The van der Waals surface area contributed by atoms with E-state index in [1.54, 1.807) is 20.0 Å². The molecule has 0 saturated carbocycles. The van der Waals surface area contributed by atoms with Crippen LogP contribution >= 0.6 is 11.8 Å². The molecular formula is C8H14N2O2S. The molecule has 1 amide bonds. The highest BCUT2D eigenvalue weighted by molar-refractivity contribution is 8.14. The summed E-state index contributed by atoms with van der Waals surface area (Å²) in [7, 11) is 1.55. The van der Waals surface area contributed by atoms with Crippen molar-refractivity contribution in [3.8, 4) is 0 Å². The van der Waals surface area contributed by atoms with E-state index >= 15 is 0 Å². The minimum atomic E-state index is -0.417. The second kappa shape index (κ2) is 6.54. The summed E-state index contributed by atoms with van der Waals surface area (Å²) in [6.07, 6.45) is 1.69. The third-order valence-electron chi connectivity index (χ3n) is 1.46. The smallest absolute Gasteiger partial charge is 0.229 e. The highest BCUT2D eigenvalue weighted by Gasteiger charge is 2.18. The van der Waals surface area contributed by atoms with Crippen LogP contribution in [0.3, 0.4) is 0 Å². The molecule has 0 fully saturated rings. The maximum atomic E-state index is 11.1. The van der Waals surface area contributed by atoms with Gasteiger partial charge in [0.1, 0.15) is 5.04 Å². The van der Waals surface area contributed by atoms with Gasteiger partial charge in [-0.3, -0.25) is 4.79 Å². The molecule has 74 valence electrons. The fraction of sp³-hybridized carbons (Fsp3) is 0.500. The number of nitrogens with zero attached hydrogens (tertiary/aromatic N) is 1. The molecule has 0 aromatic rings. The third-order valence-corrected chi connectivity index (χ3v) is 2.59. The molecule has 1 unspecified atom stereocenters. The number of carbonyl (C=O) groups is 1. The SMILES string of the molecule is C=CCS/C(=N/O)C(C)C(=O)NC. The molecule has 0 radical (unpaired) electrons. The Morgan fingerprint density at radius 2 is 2.46 bits per heavy atom. The van der Waals surface area contributed by atoms with E-state index in [0.29, 0.717) is 10.8 Å². The van der Waals surface area contributed by atoms with Crippen molar-refractivity contribution in [3.05, 3.63) is 12.7 Å². The maximum Gasteiger partial charge on any atom is 0.229 e. The third kappa shape index (κ3) is 3.98. The number of rotatable bonds is 4. The summed E-state index contributed by atoms with van der Waals surface area (Å²) >= 11 is 1.29. The van der Waals surface area contributed by atoms with Gasteiger partial charge in [-0.2, -0.15) is 0 Å². The molecule has 0 aromatic heterocycles. The lowest BCUT2D eigenvalue weighted by atomic mass is 10.2. The van der Waals surface area contributed by atoms with Crippen molar-refractivity contribution in [1.29, 1.82) is 0 Å². The van der Waals surface area contributed by atoms with Crippen LogP contribution in [-0.4, -0.2) is 29.0 Å². The first-order valence-electron chi connectivity index (χ1n) is 3.84. The van der Waals surface area contributed by atoms with E-state index in [2.05, 4.69) is 17.1 Å². The number of thioether (sulfide) groups is 1. The summed E-state index contributed by atoms with van der Waals surface area (Å²) in [5.41, 5.74) is 0. The van der Waals surface area contributed by atoms with E-state index in [-0.39, 0.29) is 5.91 Å². The second-order valence-corrected chi connectivity index (χ2v) is 3.41. The Bertz CT molecular complexity index is 216. The monoisotopic (exact) mass is 202 g/mol. The van der Waals surface area contributed by atoms with Crippen LogP contribution in [0.5, 0.6) is 0 Å². The van der Waals surface area contributed by atoms with Gasteiger partial charge in [-0.05, 0) is 6.92 Å². The van der Waals surface area contributed by atoms with Gasteiger partial charge in [-0.15, -0.1) is 18.3 Å². The van der Waals surface area contributed by atoms with E-state index < -0.39 is 5.92 Å². The molecule has 0 rings (SSSR count). The zero-order valence-corrected chi connectivity index (χ0v) is 8.60. The molecule has 0 spiro atoms. The Morgan fingerprint density at radius 3 is 2.85 bits per heavy atom. The predicted octanol–water partition coefficient (Wildman–Crippen LogP) is 1.08. The Hall–Kier alpha value is -0.970. The second-order valence-electron chi connectivity index (χ2n) is 2.37. The zero-order chi connectivity index (χ0) is 10.3. The average molecular weight is 202 g/mol. The highest BCUT2D eigenvalue weighted by atomic mass is 32.2. The van der Waals surface area contributed by atoms with E-state index in [0.717, 1.165) is 0 Å². The standard InChI is InChI=1S/C8H14N2O2S/c1-4-5-13-8(10-12)6(2)7(11)9-3/h4,6,12H,1,5H2,2-3H3,(H,9,11)/b10-8+. The molecular weight excluding hydrogens is 188 g/mol. The lowest BCUT2D eigenvalue weighted by Crippen LogP contribution is -2.29. The van der Waals surface area contributed by atoms with Gasteiger partial charge in [-0.25, -0.2) is 0 Å². The van der Waals surface area contributed by atoms with Crippen LogP contribution in [-0.2, 0) is 4.79 Å². The number of nitrogens with one attached hydrogen (secondary N) is 1. The summed E-state index contributed by atoms with van der Waals surface area (Å²) in [6.45, 7) is 5.22. The predicted molar refractivity (Wildman–Crippen MR) is 55.1 cm³/mol. The zero-order valence-electron chi connectivity index (χ0n) is 7.78. The van der Waals surface area contributed by atoms with Gasteiger partial charge in [0.15, 0.2) is 0 Å². The molecule has 5 heteroatoms. The largest absolute Gasteiger partial charge is 0.410 e. The Balaban J connectivity index is 4.23. The highest BCUT2D eigenvalue weighted by Crippen LogP contribution is 2.13. The van der Waals surface area contributed by atoms with Crippen LogP contribution in [0.15, 0.2) is 17.8 Å². The summed E-state index contributed by atoms with van der Waals surface area (Å²) < 4.78 is 0. The molecule has 0 bridgehead atoms. The molecule has 0 aliphatic heterocycles. The first-order chi connectivity index (χ1) is 6.17. The van der Waals surface area contributed by atoms with Crippen molar-refractivity contribution in [2.45, 2.75) is 6.92 Å². The molecule has 0 aliphatic carbocycles. The number of carbonyl (C=O) groups excluding carboxylic acids is 1. The molecule has 13 heavy (non-hydrogen) atoms. The molecule has 0 saturated heterocycles. The minimum Gasteiger partial charge on any atom is -0.410 e. The van der Waals surface area contributed by atoms with Crippen molar-refractivity contribution < 1.29 is 10.0 Å². The molecule has 2 N–H and O–H groups in total. The van der Waals surface area contributed by atoms with Gasteiger partial charge in [0.05, 0.1) is 5.92 Å². The van der Waals surface area contributed by atoms with Crippen LogP contribution in [0.2, 0.25) is 0 Å². The maximum absolute atomic E-state index is 11.1. The van der Waals surface area contributed by atoms with Crippen molar-refractivity contribution in [2.24, 2.45) is 11.1 Å². The van der Waals surface area contributed by atoms with Crippen LogP contribution < -0.4 is 5.32 Å². The van der Waals surface area contributed by atoms with Crippen molar-refractivity contribution in [1.82, 2.24) is 5.32 Å². The van der Waals surface area contributed by atoms with Gasteiger partial charge >= 0.3 is 0 Å². The Kier molecular flexibility index (Phi) is 6.05. The average Bonchev–Trinajstić information content (AvgIpc) is 2.17. The quantitative estimate of drug-likeness (QED) is 0.236. The van der Waals surface area contributed by atoms with Crippen molar-refractivity contribution in [2.75, 3.05) is 12.8 Å². The van der Waals surface area contributed by atoms with E-state index in [9.17, 15) is 4.79 Å². The Morgan fingerprint density at radius 1 is 1.85 bits per heavy atom. The van der Waals surface area contributed by atoms with Crippen LogP contribution in [0.1, 0.15) is 6.92 Å². The van der Waals surface area contributed by atoms with Gasteiger partial charge in [0.25, 0.3) is 0 Å². The fourth-order valence-electron chi connectivity index (χ4n) is 0.713. The first-order valence-corrected chi connectivity index (χ1v) is 4.83. The normalized spacial score (nSPS) is 13.5. The number of oxime groups is 1. The molecule has 0 aliphatic rings. The number of amides is 1. The summed E-state index contributed by atoms with van der Waals surface area (Å²) in [5, 5.41) is 14.6. The summed E-state index contributed by atoms with van der Waals surface area (Å²) in [4.78, 5) is 11.1. The summed E-state index contributed by atoms with van der Waals surface area (Å²) in [6, 6.07) is 0. The minimum absolute atomic E-state index is 0.163. The van der Waals surface area contributed by atoms with Crippen molar-refractivity contribution >= 4 is 22.7 Å². The van der Waals surface area contributed by atoms with E-state index in [1.165, 1.54) is 11.8 Å². The van der Waals surface area contributed by atoms with Crippen LogP contribution in [0.25, 0.3) is 0 Å². The Labute approximate surface area is 82.1 Å². The molecule has 0 heterocycles. The van der Waals surface area contributed by atoms with E-state index in [1.807, 2.05) is 0 Å². The topological polar surface area (TPSA) is 61.7 Å². The first kappa shape index (κ1) is 12.0. The fourth-order valence-corrected chi connectivity index (χ4v) is 1.42. The lowest BCUT2D eigenvalue weighted by molar-refractivity contribution is -0.122. The van der Waals surface area contributed by atoms with Gasteiger partial charge < -0.3 is 10.5 Å². The molecule has 1 atom stereocenters. The van der Waals surface area contributed by atoms with Crippen molar-refractivity contribution in [3.63, 3.8) is 0 Å². The van der Waals surface area contributed by atoms with Crippen LogP contribution in [0.4, 0.5) is 0 Å². The van der Waals surface area contributed by atoms with E-state index in [4.69, 9.17) is 5.21 Å². The molecule has 0 aromatic carbocycles. The van der Waals surface area contributed by atoms with Gasteiger partial charge in [0, 0.05) is 12.8 Å². The number of hydrogen-bond donors (Lipinski definition) is 2. The van der Waals surface area contributed by atoms with Gasteiger partial charge in [0.2, 0.25) is 5.91 Å². The molecule has 4 nitrogen and oxygen atoms in total.